The van der Waals surface area contributed by atoms with Crippen LogP contribution in [0, 0.1) is 0 Å². The zero-order valence-corrected chi connectivity index (χ0v) is 19.1. The third kappa shape index (κ3) is 3.21. The smallest absolute Gasteiger partial charge is 0.255 e. The van der Waals surface area contributed by atoms with Crippen LogP contribution in [0.5, 0.6) is 5.75 Å². The number of hydrogen-bond acceptors (Lipinski definition) is 5. The number of nitrogens with zero attached hydrogens (tertiary/aromatic N) is 2. The zero-order valence-electron chi connectivity index (χ0n) is 19.1. The Morgan fingerprint density at radius 2 is 1.91 bits per heavy atom. The summed E-state index contributed by atoms with van der Waals surface area (Å²) in [5.41, 5.74) is 5.78. The highest BCUT2D eigenvalue weighted by molar-refractivity contribution is 6.00. The van der Waals surface area contributed by atoms with Crippen LogP contribution in [0.15, 0.2) is 40.9 Å². The third-order valence-corrected chi connectivity index (χ3v) is 6.59. The van der Waals surface area contributed by atoms with Gasteiger partial charge in [0.25, 0.3) is 5.91 Å². The number of likely N-dealkylation sites (tertiary alicyclic amines) is 1. The Kier molecular flexibility index (Phi) is 5.05. The maximum Gasteiger partial charge on any atom is 0.255 e. The van der Waals surface area contributed by atoms with E-state index in [1.54, 1.807) is 7.11 Å². The highest BCUT2D eigenvalue weighted by atomic mass is 16.5. The molecule has 0 unspecified atom stereocenters. The van der Waals surface area contributed by atoms with Gasteiger partial charge in [0.2, 0.25) is 0 Å². The first-order chi connectivity index (χ1) is 15.5. The lowest BCUT2D eigenvalue weighted by molar-refractivity contribution is 0.0451. The largest absolute Gasteiger partial charge is 0.497 e. The number of carbonyl (C=O) groups excluding carboxylic acids is 1. The summed E-state index contributed by atoms with van der Waals surface area (Å²) in [6.45, 7) is 5.73. The molecule has 1 saturated heterocycles. The summed E-state index contributed by atoms with van der Waals surface area (Å²) < 4.78 is 11.7. The summed E-state index contributed by atoms with van der Waals surface area (Å²) in [7, 11) is 3.73. The van der Waals surface area contributed by atoms with Crippen LogP contribution in [0.3, 0.4) is 0 Å². The minimum absolute atomic E-state index is 0.0160. The number of nitrogens with one attached hydrogen (secondary N) is 1. The predicted molar refractivity (Wildman–Crippen MR) is 124 cm³/mol. The van der Waals surface area contributed by atoms with Gasteiger partial charge < -0.3 is 19.4 Å². The summed E-state index contributed by atoms with van der Waals surface area (Å²) in [4.78, 5) is 19.9. The second-order valence-corrected chi connectivity index (χ2v) is 8.75. The molecule has 3 aromatic rings. The van der Waals surface area contributed by atoms with Crippen LogP contribution in [0.2, 0.25) is 0 Å². The molecule has 4 heterocycles. The number of likely N-dealkylation sites (N-methyl/N-ethyl adjacent to an activating group) is 1. The molecular weight excluding hydrogens is 402 g/mol. The van der Waals surface area contributed by atoms with E-state index in [-0.39, 0.29) is 11.4 Å². The summed E-state index contributed by atoms with van der Waals surface area (Å²) in [5, 5.41) is 3.26. The lowest BCUT2D eigenvalue weighted by atomic mass is 9.80. The quantitative estimate of drug-likeness (QED) is 0.661. The SMILES string of the molecule is CC.COc1ccc(-c2cc3c(cn2)CCc2c-3oc3c2C(=O)NC2(C3)CN(C)C2)cc1. The number of carbonyl (C=O) groups is 1. The molecular formula is C26H29N3O3. The first kappa shape index (κ1) is 20.8. The van der Waals surface area contributed by atoms with Gasteiger partial charge in [0, 0.05) is 42.4 Å². The molecule has 2 aromatic heterocycles. The van der Waals surface area contributed by atoms with Gasteiger partial charge in [-0.15, -0.1) is 0 Å². The van der Waals surface area contributed by atoms with Gasteiger partial charge >= 0.3 is 0 Å². The number of rotatable bonds is 2. The Labute approximate surface area is 188 Å². The molecule has 1 fully saturated rings. The maximum atomic E-state index is 13.0. The van der Waals surface area contributed by atoms with E-state index in [0.717, 1.165) is 77.6 Å². The number of pyridine rings is 1. The standard InChI is InChI=1S/C24H23N3O3.C2H6/c1-27-12-24(13-27)10-20-21(23(28)26-24)17-8-5-15-11-25-19(9-18(15)22(17)30-20)14-3-6-16(29-2)7-4-14;1-2/h3-4,6-7,9,11H,5,8,10,12-13H2,1-2H3,(H,26,28);1-2H3. The molecule has 3 aliphatic rings. The van der Waals surface area contributed by atoms with Gasteiger partial charge in [-0.25, -0.2) is 0 Å². The maximum absolute atomic E-state index is 13.0. The molecule has 0 saturated carbocycles. The van der Waals surface area contributed by atoms with Gasteiger partial charge in [-0.05, 0) is 55.8 Å². The predicted octanol–water partition coefficient (Wildman–Crippen LogP) is 4.11. The molecule has 0 radical (unpaired) electrons. The van der Waals surface area contributed by atoms with Crippen molar-refractivity contribution in [3.8, 4) is 28.3 Å². The van der Waals surface area contributed by atoms with Crippen molar-refractivity contribution in [1.82, 2.24) is 15.2 Å². The van der Waals surface area contributed by atoms with Crippen LogP contribution in [0.4, 0.5) is 0 Å². The highest BCUT2D eigenvalue weighted by Crippen LogP contribution is 2.43. The van der Waals surface area contributed by atoms with Crippen molar-refractivity contribution in [2.75, 3.05) is 27.2 Å². The van der Waals surface area contributed by atoms with Gasteiger partial charge in [-0.1, -0.05) is 13.8 Å². The summed E-state index contributed by atoms with van der Waals surface area (Å²) in [6.07, 6.45) is 4.38. The van der Waals surface area contributed by atoms with E-state index in [2.05, 4.69) is 28.3 Å². The molecule has 2 aliphatic heterocycles. The monoisotopic (exact) mass is 431 g/mol. The molecule has 6 heteroatoms. The molecule has 1 aliphatic carbocycles. The lowest BCUT2D eigenvalue weighted by Gasteiger charge is -2.50. The van der Waals surface area contributed by atoms with E-state index in [4.69, 9.17) is 9.15 Å². The van der Waals surface area contributed by atoms with Gasteiger partial charge in [0.1, 0.15) is 17.3 Å². The molecule has 0 bridgehead atoms. The van der Waals surface area contributed by atoms with Crippen LogP contribution in [0.1, 0.15) is 41.1 Å². The van der Waals surface area contributed by atoms with Crippen molar-refractivity contribution in [2.24, 2.45) is 0 Å². The van der Waals surface area contributed by atoms with Crippen LogP contribution >= 0.6 is 0 Å². The van der Waals surface area contributed by atoms with E-state index in [0.29, 0.717) is 0 Å². The van der Waals surface area contributed by atoms with Crippen LogP contribution in [0.25, 0.3) is 22.6 Å². The fourth-order valence-electron chi connectivity index (χ4n) is 5.27. The normalized spacial score (nSPS) is 17.8. The van der Waals surface area contributed by atoms with Gasteiger partial charge in [0.15, 0.2) is 0 Å². The number of aryl methyl sites for hydroxylation is 1. The first-order valence-corrected chi connectivity index (χ1v) is 11.3. The number of hydrogen-bond donors (Lipinski definition) is 1. The second-order valence-electron chi connectivity index (χ2n) is 8.75. The number of furan rings is 1. The Morgan fingerprint density at radius 1 is 1.16 bits per heavy atom. The first-order valence-electron chi connectivity index (χ1n) is 11.3. The molecule has 1 N–H and O–H groups in total. The summed E-state index contributed by atoms with van der Waals surface area (Å²) in [5.74, 6) is 2.52. The Morgan fingerprint density at radius 3 is 2.59 bits per heavy atom. The Hall–Kier alpha value is -3.12. The van der Waals surface area contributed by atoms with Crippen molar-refractivity contribution in [2.45, 2.75) is 38.6 Å². The molecule has 32 heavy (non-hydrogen) atoms. The Bertz CT molecular complexity index is 1170. The molecule has 166 valence electrons. The molecule has 6 rings (SSSR count). The van der Waals surface area contributed by atoms with E-state index >= 15 is 0 Å². The number of ether oxygens (including phenoxy) is 1. The topological polar surface area (TPSA) is 67.6 Å². The van der Waals surface area contributed by atoms with E-state index in [9.17, 15) is 4.79 Å². The third-order valence-electron chi connectivity index (χ3n) is 6.59. The van der Waals surface area contributed by atoms with Crippen molar-refractivity contribution in [3.05, 3.63) is 59.0 Å². The van der Waals surface area contributed by atoms with E-state index < -0.39 is 0 Å². The molecule has 0 atom stereocenters. The van der Waals surface area contributed by atoms with Gasteiger partial charge in [-0.3, -0.25) is 9.78 Å². The van der Waals surface area contributed by atoms with Crippen LogP contribution in [-0.2, 0) is 19.3 Å². The number of aromatic nitrogens is 1. The minimum Gasteiger partial charge on any atom is -0.497 e. The van der Waals surface area contributed by atoms with Gasteiger partial charge in [0.05, 0.1) is 23.9 Å². The number of amides is 1. The average Bonchev–Trinajstić information content (AvgIpc) is 3.18. The minimum atomic E-state index is -0.172. The van der Waals surface area contributed by atoms with Gasteiger partial charge in [-0.2, -0.15) is 0 Å². The van der Waals surface area contributed by atoms with Crippen molar-refractivity contribution >= 4 is 5.91 Å². The Balaban J connectivity index is 0.00000105. The zero-order chi connectivity index (χ0) is 22.5. The molecule has 1 spiro atoms. The number of methoxy groups -OCH3 is 1. The molecule has 1 amide bonds. The highest BCUT2D eigenvalue weighted by Gasteiger charge is 2.48. The fourth-order valence-corrected chi connectivity index (χ4v) is 5.27. The molecule has 1 aromatic carbocycles. The molecule has 6 nitrogen and oxygen atoms in total. The van der Waals surface area contributed by atoms with Crippen molar-refractivity contribution < 1.29 is 13.9 Å². The summed E-state index contributed by atoms with van der Waals surface area (Å²) in [6, 6.07) is 9.98. The fraction of sp³-hybridized carbons (Fsp3) is 0.385. The van der Waals surface area contributed by atoms with Crippen molar-refractivity contribution in [1.29, 1.82) is 0 Å². The van der Waals surface area contributed by atoms with E-state index in [1.165, 1.54) is 5.56 Å². The average molecular weight is 432 g/mol. The van der Waals surface area contributed by atoms with E-state index in [1.807, 2.05) is 44.3 Å². The van der Waals surface area contributed by atoms with Crippen LogP contribution < -0.4 is 10.1 Å². The summed E-state index contributed by atoms with van der Waals surface area (Å²) >= 11 is 0. The number of fused-ring (bicyclic) bond motifs is 5. The second kappa shape index (κ2) is 7.78. The van der Waals surface area contributed by atoms with Crippen molar-refractivity contribution in [3.63, 3.8) is 0 Å². The number of benzene rings is 1. The lowest BCUT2D eigenvalue weighted by Crippen LogP contribution is -2.71. The van der Waals surface area contributed by atoms with Crippen LogP contribution in [-0.4, -0.2) is 48.6 Å².